The molecule has 0 spiro atoms. The normalized spacial score (nSPS) is 21.3. The van der Waals surface area contributed by atoms with Crippen molar-refractivity contribution in [3.05, 3.63) is 33.3 Å². The predicted molar refractivity (Wildman–Crippen MR) is 80.4 cm³/mol. The van der Waals surface area contributed by atoms with Crippen LogP contribution in [0, 0.1) is 0 Å². The summed E-state index contributed by atoms with van der Waals surface area (Å²) in [6.45, 7) is 3.94. The van der Waals surface area contributed by atoms with E-state index in [9.17, 15) is 10.2 Å². The Morgan fingerprint density at radius 2 is 2.05 bits per heavy atom. The summed E-state index contributed by atoms with van der Waals surface area (Å²) in [4.78, 5) is 2.17. The first kappa shape index (κ1) is 15.3. The molecule has 106 valence electrons. The van der Waals surface area contributed by atoms with Crippen LogP contribution in [-0.4, -0.2) is 40.9 Å². The molecule has 1 heterocycles. The minimum absolute atomic E-state index is 0.197. The van der Waals surface area contributed by atoms with E-state index in [4.69, 9.17) is 11.6 Å². The van der Waals surface area contributed by atoms with Crippen molar-refractivity contribution in [2.75, 3.05) is 19.6 Å². The van der Waals surface area contributed by atoms with Gasteiger partial charge in [0.15, 0.2) is 0 Å². The number of hydrogen-bond acceptors (Lipinski definition) is 3. The van der Waals surface area contributed by atoms with Gasteiger partial charge in [0.2, 0.25) is 0 Å². The van der Waals surface area contributed by atoms with Gasteiger partial charge in [-0.25, -0.2) is 0 Å². The first-order valence-corrected chi connectivity index (χ1v) is 7.64. The third kappa shape index (κ3) is 3.92. The van der Waals surface area contributed by atoms with Crippen molar-refractivity contribution < 1.29 is 10.2 Å². The topological polar surface area (TPSA) is 43.7 Å². The molecule has 1 aliphatic rings. The number of hydrogen-bond donors (Lipinski definition) is 2. The van der Waals surface area contributed by atoms with Gasteiger partial charge in [-0.15, -0.1) is 0 Å². The van der Waals surface area contributed by atoms with Gasteiger partial charge in [-0.1, -0.05) is 33.6 Å². The van der Waals surface area contributed by atoms with E-state index in [0.717, 1.165) is 36.0 Å². The lowest BCUT2D eigenvalue weighted by molar-refractivity contribution is -0.00552. The Kier molecular flexibility index (Phi) is 4.90. The average molecular weight is 349 g/mol. The summed E-state index contributed by atoms with van der Waals surface area (Å²) in [6, 6.07) is 5.53. The maximum Gasteiger partial charge on any atom is 0.101 e. The van der Waals surface area contributed by atoms with Crippen LogP contribution in [0.25, 0.3) is 0 Å². The Labute approximate surface area is 127 Å². The summed E-state index contributed by atoms with van der Waals surface area (Å²) in [6.07, 6.45) is 1.34. The first-order valence-electron chi connectivity index (χ1n) is 6.47. The largest absolute Gasteiger partial charge is 0.393 e. The van der Waals surface area contributed by atoms with Gasteiger partial charge in [-0.2, -0.15) is 0 Å². The maximum atomic E-state index is 10.7. The molecule has 0 radical (unpaired) electrons. The molecule has 1 saturated heterocycles. The van der Waals surface area contributed by atoms with E-state index < -0.39 is 5.60 Å². The minimum atomic E-state index is -0.986. The lowest BCUT2D eigenvalue weighted by Gasteiger charge is -2.36. The molecule has 1 aromatic carbocycles. The van der Waals surface area contributed by atoms with Crippen molar-refractivity contribution in [3.63, 3.8) is 0 Å². The van der Waals surface area contributed by atoms with Crippen molar-refractivity contribution in [2.24, 2.45) is 0 Å². The second-order valence-electron chi connectivity index (χ2n) is 5.41. The van der Waals surface area contributed by atoms with E-state index in [-0.39, 0.29) is 6.10 Å². The Hall–Kier alpha value is -0.130. The lowest BCUT2D eigenvalue weighted by atomic mass is 9.94. The van der Waals surface area contributed by atoms with Gasteiger partial charge < -0.3 is 10.2 Å². The number of β-amino-alcohol motifs (C(OH)–C–C–N with tert-alkyl or cyclic N) is 1. The molecule has 3 nitrogen and oxygen atoms in total. The van der Waals surface area contributed by atoms with Crippen LogP contribution in [0.4, 0.5) is 0 Å². The molecule has 1 aliphatic heterocycles. The molecule has 19 heavy (non-hydrogen) atoms. The van der Waals surface area contributed by atoms with Gasteiger partial charge in [0.25, 0.3) is 0 Å². The molecule has 0 bridgehead atoms. The number of benzene rings is 1. The van der Waals surface area contributed by atoms with E-state index >= 15 is 0 Å². The molecule has 2 rings (SSSR count). The molecular weight excluding hydrogens is 330 g/mol. The fourth-order valence-corrected chi connectivity index (χ4v) is 3.40. The van der Waals surface area contributed by atoms with Crippen LogP contribution in [0.3, 0.4) is 0 Å². The number of aliphatic hydroxyl groups excluding tert-OH is 1. The predicted octanol–water partition coefficient (Wildman–Crippen LogP) is 2.77. The second kappa shape index (κ2) is 6.10. The van der Waals surface area contributed by atoms with E-state index in [1.165, 1.54) is 0 Å². The highest BCUT2D eigenvalue weighted by atomic mass is 79.9. The average Bonchev–Trinajstić information content (AvgIpc) is 2.31. The highest BCUT2D eigenvalue weighted by Crippen LogP contribution is 2.31. The summed E-state index contributed by atoms with van der Waals surface area (Å²) < 4.78 is 0.901. The summed E-state index contributed by atoms with van der Waals surface area (Å²) in [5.74, 6) is 0. The van der Waals surface area contributed by atoms with Gasteiger partial charge in [-0.05, 0) is 31.9 Å². The summed E-state index contributed by atoms with van der Waals surface area (Å²) >= 11 is 9.57. The second-order valence-corrected chi connectivity index (χ2v) is 6.73. The SMILES string of the molecule is CC(O)(CN1CCC(O)CC1)c1ccc(Br)cc1Cl. The van der Waals surface area contributed by atoms with Crippen molar-refractivity contribution in [1.29, 1.82) is 0 Å². The van der Waals surface area contributed by atoms with Crippen molar-refractivity contribution in [1.82, 2.24) is 4.90 Å². The van der Waals surface area contributed by atoms with Crippen LogP contribution in [-0.2, 0) is 5.60 Å². The highest BCUT2D eigenvalue weighted by molar-refractivity contribution is 9.10. The fourth-order valence-electron chi connectivity index (χ4n) is 2.52. The number of halogens is 2. The van der Waals surface area contributed by atoms with Crippen molar-refractivity contribution in [2.45, 2.75) is 31.5 Å². The van der Waals surface area contributed by atoms with Crippen LogP contribution < -0.4 is 0 Å². The van der Waals surface area contributed by atoms with Crippen LogP contribution >= 0.6 is 27.5 Å². The maximum absolute atomic E-state index is 10.7. The number of likely N-dealkylation sites (tertiary alicyclic amines) is 1. The number of nitrogens with zero attached hydrogens (tertiary/aromatic N) is 1. The van der Waals surface area contributed by atoms with Gasteiger partial charge in [-0.3, -0.25) is 4.90 Å². The summed E-state index contributed by atoms with van der Waals surface area (Å²) in [5.41, 5.74) is -0.247. The standard InChI is InChI=1S/C14H19BrClNO2/c1-14(19,9-17-6-4-11(18)5-7-17)12-3-2-10(15)8-13(12)16/h2-3,8,11,18-19H,4-7,9H2,1H3. The Morgan fingerprint density at radius 3 is 2.63 bits per heavy atom. The third-order valence-electron chi connectivity index (χ3n) is 3.60. The lowest BCUT2D eigenvalue weighted by Crippen LogP contribution is -2.44. The molecule has 0 amide bonds. The molecule has 1 unspecified atom stereocenters. The number of aliphatic hydroxyl groups is 2. The van der Waals surface area contributed by atoms with Gasteiger partial charge >= 0.3 is 0 Å². The third-order valence-corrected chi connectivity index (χ3v) is 4.41. The van der Waals surface area contributed by atoms with Gasteiger partial charge in [0.1, 0.15) is 5.60 Å². The Morgan fingerprint density at radius 1 is 1.42 bits per heavy atom. The summed E-state index contributed by atoms with van der Waals surface area (Å²) in [5, 5.41) is 20.7. The molecular formula is C14H19BrClNO2. The van der Waals surface area contributed by atoms with E-state index in [0.29, 0.717) is 11.6 Å². The van der Waals surface area contributed by atoms with Crippen LogP contribution in [0.15, 0.2) is 22.7 Å². The molecule has 1 atom stereocenters. The summed E-state index contributed by atoms with van der Waals surface area (Å²) in [7, 11) is 0. The zero-order chi connectivity index (χ0) is 14.0. The quantitative estimate of drug-likeness (QED) is 0.883. The molecule has 0 aromatic heterocycles. The van der Waals surface area contributed by atoms with Crippen LogP contribution in [0.5, 0.6) is 0 Å². The molecule has 1 aromatic rings. The Bertz CT molecular complexity index is 445. The van der Waals surface area contributed by atoms with Crippen LogP contribution in [0.1, 0.15) is 25.3 Å². The zero-order valence-electron chi connectivity index (χ0n) is 10.9. The minimum Gasteiger partial charge on any atom is -0.393 e. The monoisotopic (exact) mass is 347 g/mol. The molecule has 5 heteroatoms. The first-order chi connectivity index (χ1) is 8.88. The molecule has 0 aliphatic carbocycles. The Balaban J connectivity index is 2.09. The molecule has 2 N–H and O–H groups in total. The van der Waals surface area contributed by atoms with E-state index in [1.807, 2.05) is 12.1 Å². The van der Waals surface area contributed by atoms with E-state index in [1.54, 1.807) is 13.0 Å². The fraction of sp³-hybridized carbons (Fsp3) is 0.571. The van der Waals surface area contributed by atoms with Crippen molar-refractivity contribution >= 4 is 27.5 Å². The molecule has 0 saturated carbocycles. The van der Waals surface area contributed by atoms with E-state index in [2.05, 4.69) is 20.8 Å². The molecule has 1 fully saturated rings. The zero-order valence-corrected chi connectivity index (χ0v) is 13.3. The smallest absolute Gasteiger partial charge is 0.101 e. The number of rotatable bonds is 3. The van der Waals surface area contributed by atoms with Crippen molar-refractivity contribution in [3.8, 4) is 0 Å². The van der Waals surface area contributed by atoms with Gasteiger partial charge in [0, 0.05) is 34.7 Å². The number of piperidine rings is 1. The highest BCUT2D eigenvalue weighted by Gasteiger charge is 2.30. The van der Waals surface area contributed by atoms with Gasteiger partial charge in [0.05, 0.1) is 6.10 Å². The van der Waals surface area contributed by atoms with Crippen LogP contribution in [0.2, 0.25) is 5.02 Å².